The van der Waals surface area contributed by atoms with E-state index in [4.69, 9.17) is 23.2 Å². The third-order valence-electron chi connectivity index (χ3n) is 4.72. The summed E-state index contributed by atoms with van der Waals surface area (Å²) in [6.45, 7) is 6.27. The van der Waals surface area contributed by atoms with Gasteiger partial charge in [0.1, 0.15) is 5.75 Å². The Morgan fingerprint density at radius 3 is 2.90 bits per heavy atom. The lowest BCUT2D eigenvalue weighted by atomic mass is 9.93. The van der Waals surface area contributed by atoms with Crippen molar-refractivity contribution in [2.75, 3.05) is 19.6 Å². The van der Waals surface area contributed by atoms with Crippen LogP contribution in [0.2, 0.25) is 10.0 Å². The van der Waals surface area contributed by atoms with Gasteiger partial charge in [-0.2, -0.15) is 0 Å². The summed E-state index contributed by atoms with van der Waals surface area (Å²) >= 11 is 12.1. The van der Waals surface area contributed by atoms with E-state index in [1.54, 1.807) is 6.07 Å². The fraction of sp³-hybridized carbons (Fsp3) is 0.600. The van der Waals surface area contributed by atoms with Gasteiger partial charge in [-0.25, -0.2) is 0 Å². The van der Waals surface area contributed by atoms with Crippen molar-refractivity contribution >= 4 is 23.2 Å². The highest BCUT2D eigenvalue weighted by Crippen LogP contribution is 2.38. The second-order valence-corrected chi connectivity index (χ2v) is 6.73. The van der Waals surface area contributed by atoms with Gasteiger partial charge in [0.2, 0.25) is 0 Å². The van der Waals surface area contributed by atoms with Crippen LogP contribution >= 0.6 is 23.2 Å². The number of hydrogen-bond acceptors (Lipinski definition) is 3. The molecule has 2 N–H and O–H groups in total. The van der Waals surface area contributed by atoms with Gasteiger partial charge in [0, 0.05) is 29.7 Å². The minimum absolute atomic E-state index is 0.168. The molecule has 0 bridgehead atoms. The largest absolute Gasteiger partial charge is 0.506 e. The number of nitrogens with zero attached hydrogens (tertiary/aromatic N) is 1. The van der Waals surface area contributed by atoms with E-state index < -0.39 is 0 Å². The van der Waals surface area contributed by atoms with Gasteiger partial charge >= 0.3 is 0 Å². The number of aromatic hydroxyl groups is 1. The van der Waals surface area contributed by atoms with Gasteiger partial charge in [-0.1, -0.05) is 30.1 Å². The van der Waals surface area contributed by atoms with E-state index in [0.717, 1.165) is 50.0 Å². The van der Waals surface area contributed by atoms with E-state index in [9.17, 15) is 5.11 Å². The molecular formula is C15H20Cl2N2O. The van der Waals surface area contributed by atoms with Crippen LogP contribution in [0, 0.1) is 11.8 Å². The van der Waals surface area contributed by atoms with E-state index in [2.05, 4.69) is 17.1 Å². The Hall–Kier alpha value is -0.480. The van der Waals surface area contributed by atoms with Crippen LogP contribution in [0.1, 0.15) is 18.9 Å². The van der Waals surface area contributed by atoms with E-state index in [0.29, 0.717) is 16.1 Å². The zero-order chi connectivity index (χ0) is 14.3. The zero-order valence-electron chi connectivity index (χ0n) is 11.6. The van der Waals surface area contributed by atoms with Gasteiger partial charge in [0.05, 0.1) is 5.02 Å². The van der Waals surface area contributed by atoms with E-state index >= 15 is 0 Å². The van der Waals surface area contributed by atoms with Crippen molar-refractivity contribution in [3.8, 4) is 5.75 Å². The Morgan fingerprint density at radius 1 is 1.35 bits per heavy atom. The first-order chi connectivity index (χ1) is 9.60. The van der Waals surface area contributed by atoms with Gasteiger partial charge in [0.25, 0.3) is 0 Å². The maximum absolute atomic E-state index is 10.1. The number of phenols is 1. The molecule has 20 heavy (non-hydrogen) atoms. The van der Waals surface area contributed by atoms with Crippen LogP contribution in [-0.4, -0.2) is 35.7 Å². The van der Waals surface area contributed by atoms with Gasteiger partial charge in [-0.3, -0.25) is 4.90 Å². The third kappa shape index (κ3) is 2.52. The highest BCUT2D eigenvalue weighted by Gasteiger charge is 2.43. The van der Waals surface area contributed by atoms with Crippen molar-refractivity contribution in [2.24, 2.45) is 11.8 Å². The van der Waals surface area contributed by atoms with Crippen LogP contribution in [0.4, 0.5) is 0 Å². The molecule has 2 saturated heterocycles. The zero-order valence-corrected chi connectivity index (χ0v) is 13.1. The molecule has 3 rings (SSSR count). The molecule has 2 heterocycles. The third-order valence-corrected chi connectivity index (χ3v) is 5.23. The van der Waals surface area contributed by atoms with E-state index in [1.807, 2.05) is 6.07 Å². The van der Waals surface area contributed by atoms with Gasteiger partial charge < -0.3 is 10.4 Å². The van der Waals surface area contributed by atoms with Gasteiger partial charge in [-0.15, -0.1) is 0 Å². The van der Waals surface area contributed by atoms with Crippen LogP contribution in [-0.2, 0) is 6.54 Å². The summed E-state index contributed by atoms with van der Waals surface area (Å²) in [7, 11) is 0. The molecule has 3 nitrogen and oxygen atoms in total. The molecule has 0 amide bonds. The molecule has 1 aromatic rings. The SMILES string of the molecule is CCC1C2CNCC2CN1Cc1cc(Cl)cc(Cl)c1O. The van der Waals surface area contributed by atoms with Crippen molar-refractivity contribution in [3.63, 3.8) is 0 Å². The molecule has 0 radical (unpaired) electrons. The molecule has 0 aromatic heterocycles. The lowest BCUT2D eigenvalue weighted by Gasteiger charge is -2.27. The molecule has 3 unspecified atom stereocenters. The van der Waals surface area contributed by atoms with Crippen molar-refractivity contribution in [3.05, 3.63) is 27.7 Å². The van der Waals surface area contributed by atoms with Crippen molar-refractivity contribution < 1.29 is 5.11 Å². The summed E-state index contributed by atoms with van der Waals surface area (Å²) in [4.78, 5) is 2.47. The number of halogens is 2. The molecule has 2 aliphatic heterocycles. The fourth-order valence-corrected chi connectivity index (χ4v) is 4.35. The fourth-order valence-electron chi connectivity index (χ4n) is 3.81. The van der Waals surface area contributed by atoms with Crippen molar-refractivity contribution in [2.45, 2.75) is 25.9 Å². The Bertz CT molecular complexity index is 509. The van der Waals surface area contributed by atoms with Crippen LogP contribution < -0.4 is 5.32 Å². The first kappa shape index (κ1) is 14.5. The number of phenolic OH excluding ortho intramolecular Hbond substituents is 1. The molecule has 0 saturated carbocycles. The summed E-state index contributed by atoms with van der Waals surface area (Å²) in [5, 5.41) is 14.5. The number of benzene rings is 1. The number of nitrogens with one attached hydrogen (secondary N) is 1. The molecule has 1 aromatic carbocycles. The van der Waals surface area contributed by atoms with Crippen LogP contribution in [0.25, 0.3) is 0 Å². The predicted octanol–water partition coefficient (Wildman–Crippen LogP) is 3.13. The molecule has 3 atom stereocenters. The first-order valence-corrected chi connectivity index (χ1v) is 7.97. The van der Waals surface area contributed by atoms with E-state index in [1.165, 1.54) is 0 Å². The lowest BCUT2D eigenvalue weighted by molar-refractivity contribution is 0.208. The van der Waals surface area contributed by atoms with Crippen molar-refractivity contribution in [1.29, 1.82) is 0 Å². The minimum atomic E-state index is 0.168. The Morgan fingerprint density at radius 2 is 2.15 bits per heavy atom. The van der Waals surface area contributed by atoms with Crippen LogP contribution in [0.3, 0.4) is 0 Å². The second-order valence-electron chi connectivity index (χ2n) is 5.88. The average molecular weight is 315 g/mol. The number of rotatable bonds is 3. The molecule has 2 aliphatic rings. The summed E-state index contributed by atoms with van der Waals surface area (Å²) in [6.07, 6.45) is 1.14. The Kier molecular flexibility index (Phi) is 4.14. The maximum atomic E-state index is 10.1. The van der Waals surface area contributed by atoms with Crippen molar-refractivity contribution in [1.82, 2.24) is 10.2 Å². The molecule has 5 heteroatoms. The molecule has 2 fully saturated rings. The molecule has 0 aliphatic carbocycles. The predicted molar refractivity (Wildman–Crippen MR) is 82.5 cm³/mol. The molecule has 0 spiro atoms. The van der Waals surface area contributed by atoms with Gasteiger partial charge in [0.15, 0.2) is 0 Å². The number of likely N-dealkylation sites (tertiary alicyclic amines) is 1. The summed E-state index contributed by atoms with van der Waals surface area (Å²) in [6, 6.07) is 3.98. The Labute approximate surface area is 129 Å². The highest BCUT2D eigenvalue weighted by molar-refractivity contribution is 6.35. The number of hydrogen-bond donors (Lipinski definition) is 2. The lowest BCUT2D eigenvalue weighted by Crippen LogP contribution is -2.34. The maximum Gasteiger partial charge on any atom is 0.138 e. The van der Waals surface area contributed by atoms with E-state index in [-0.39, 0.29) is 5.75 Å². The summed E-state index contributed by atoms with van der Waals surface area (Å²) in [5.74, 6) is 1.63. The molecular weight excluding hydrogens is 295 g/mol. The molecule has 110 valence electrons. The van der Waals surface area contributed by atoms with Crippen LogP contribution in [0.15, 0.2) is 12.1 Å². The quantitative estimate of drug-likeness (QED) is 0.899. The average Bonchev–Trinajstić information content (AvgIpc) is 2.95. The normalized spacial score (nSPS) is 29.9. The first-order valence-electron chi connectivity index (χ1n) is 7.21. The van der Waals surface area contributed by atoms with Crippen LogP contribution in [0.5, 0.6) is 5.75 Å². The monoisotopic (exact) mass is 314 g/mol. The second kappa shape index (κ2) is 5.72. The number of fused-ring (bicyclic) bond motifs is 1. The Balaban J connectivity index is 1.81. The topological polar surface area (TPSA) is 35.5 Å². The standard InChI is InChI=1S/C15H20Cl2N2O/c1-2-14-12-6-18-5-10(12)8-19(14)7-9-3-11(16)4-13(17)15(9)20/h3-4,10,12,14,18,20H,2,5-8H2,1H3. The smallest absolute Gasteiger partial charge is 0.138 e. The minimum Gasteiger partial charge on any atom is -0.506 e. The highest BCUT2D eigenvalue weighted by atomic mass is 35.5. The summed E-state index contributed by atoms with van der Waals surface area (Å²) in [5.41, 5.74) is 0.828. The summed E-state index contributed by atoms with van der Waals surface area (Å²) < 4.78 is 0. The van der Waals surface area contributed by atoms with Gasteiger partial charge in [-0.05, 0) is 43.5 Å².